The number of nitrogens with zero attached hydrogens (tertiary/aromatic N) is 3. The lowest BCUT2D eigenvalue weighted by Crippen LogP contribution is -2.33. The molecule has 2 aromatic heterocycles. The van der Waals surface area contributed by atoms with Gasteiger partial charge in [-0.3, -0.25) is 9.59 Å². The highest BCUT2D eigenvalue weighted by Gasteiger charge is 2.15. The molecular weight excluding hydrogens is 458 g/mol. The summed E-state index contributed by atoms with van der Waals surface area (Å²) in [7, 11) is 0. The molecule has 0 aliphatic rings. The number of carbonyl (C=O) groups excluding carboxylic acids is 2. The first-order valence-corrected chi connectivity index (χ1v) is 10.8. The molecule has 4 rings (SSSR count). The molecule has 4 aromatic rings. The molecule has 8 heteroatoms. The van der Waals surface area contributed by atoms with Gasteiger partial charge in [0.25, 0.3) is 0 Å². The van der Waals surface area contributed by atoms with E-state index in [1.54, 1.807) is 6.07 Å². The number of fused-ring (bicyclic) bond motifs is 3. The lowest BCUT2D eigenvalue weighted by molar-refractivity contribution is -0.124. The molecule has 158 valence electrons. The van der Waals surface area contributed by atoms with Crippen LogP contribution in [0.1, 0.15) is 23.4 Å². The minimum absolute atomic E-state index is 0.0834. The molecule has 0 bridgehead atoms. The number of aromatic nitrogens is 3. The second-order valence-electron chi connectivity index (χ2n) is 7.32. The standard InChI is InChI=1S/C23H22BrN5O2/c1-14-16(15(2)29-23(26-14)17-7-3-5-9-19(17)28-29)11-12-21(30)25-13-22(31)27-20-10-6-4-8-18(20)24/h3-10H,11-13H2,1-2H3,(H,25,30)(H,27,31). The van der Waals surface area contributed by atoms with Crippen LogP contribution in [-0.4, -0.2) is 33.0 Å². The van der Waals surface area contributed by atoms with E-state index in [1.165, 1.54) is 0 Å². The normalized spacial score (nSPS) is 11.1. The first-order valence-electron chi connectivity index (χ1n) is 9.98. The van der Waals surface area contributed by atoms with Gasteiger partial charge in [-0.05, 0) is 66.0 Å². The number of rotatable bonds is 6. The predicted molar refractivity (Wildman–Crippen MR) is 124 cm³/mol. The lowest BCUT2D eigenvalue weighted by Gasteiger charge is -2.11. The zero-order chi connectivity index (χ0) is 22.0. The molecule has 31 heavy (non-hydrogen) atoms. The van der Waals surface area contributed by atoms with Crippen molar-refractivity contribution in [1.82, 2.24) is 19.9 Å². The van der Waals surface area contributed by atoms with E-state index in [4.69, 9.17) is 4.98 Å². The fourth-order valence-corrected chi connectivity index (χ4v) is 3.98. The van der Waals surface area contributed by atoms with E-state index in [-0.39, 0.29) is 24.8 Å². The number of amides is 2. The quantitative estimate of drug-likeness (QED) is 0.438. The number of halogens is 1. The molecule has 2 heterocycles. The number of aryl methyl sites for hydroxylation is 2. The van der Waals surface area contributed by atoms with Crippen molar-refractivity contribution in [3.05, 3.63) is 70.0 Å². The minimum atomic E-state index is -0.279. The average Bonchev–Trinajstić information content (AvgIpc) is 3.12. The highest BCUT2D eigenvalue weighted by Crippen LogP contribution is 2.23. The smallest absolute Gasteiger partial charge is 0.243 e. The molecule has 0 saturated heterocycles. The topological polar surface area (TPSA) is 88.4 Å². The fraction of sp³-hybridized carbons (Fsp3) is 0.217. The Labute approximate surface area is 188 Å². The molecule has 0 fully saturated rings. The van der Waals surface area contributed by atoms with E-state index >= 15 is 0 Å². The van der Waals surface area contributed by atoms with Gasteiger partial charge in [-0.2, -0.15) is 5.10 Å². The summed E-state index contributed by atoms with van der Waals surface area (Å²) in [6, 6.07) is 15.2. The van der Waals surface area contributed by atoms with Crippen LogP contribution in [0.4, 0.5) is 5.69 Å². The third-order valence-electron chi connectivity index (χ3n) is 5.21. The second kappa shape index (κ2) is 8.85. The maximum absolute atomic E-state index is 12.3. The lowest BCUT2D eigenvalue weighted by atomic mass is 10.1. The van der Waals surface area contributed by atoms with E-state index in [9.17, 15) is 9.59 Å². The Morgan fingerprint density at radius 3 is 2.58 bits per heavy atom. The van der Waals surface area contributed by atoms with Crippen LogP contribution in [0.5, 0.6) is 0 Å². The monoisotopic (exact) mass is 479 g/mol. The number of anilines is 1. The van der Waals surface area contributed by atoms with Gasteiger partial charge in [-0.25, -0.2) is 9.50 Å². The van der Waals surface area contributed by atoms with Crippen LogP contribution in [0, 0.1) is 13.8 Å². The van der Waals surface area contributed by atoms with Gasteiger partial charge in [0.1, 0.15) is 0 Å². The second-order valence-corrected chi connectivity index (χ2v) is 8.17. The molecule has 0 aliphatic heterocycles. The van der Waals surface area contributed by atoms with Gasteiger partial charge in [0.15, 0.2) is 5.65 Å². The van der Waals surface area contributed by atoms with Gasteiger partial charge >= 0.3 is 0 Å². The van der Waals surface area contributed by atoms with Crippen molar-refractivity contribution in [2.24, 2.45) is 0 Å². The summed E-state index contributed by atoms with van der Waals surface area (Å²) >= 11 is 3.38. The van der Waals surface area contributed by atoms with Crippen LogP contribution < -0.4 is 10.6 Å². The number of carbonyl (C=O) groups is 2. The molecule has 2 amide bonds. The Bertz CT molecular complexity index is 1300. The molecule has 0 radical (unpaired) electrons. The molecule has 0 spiro atoms. The summed E-state index contributed by atoms with van der Waals surface area (Å²) in [5.41, 5.74) is 5.23. The van der Waals surface area contributed by atoms with Crippen molar-refractivity contribution in [1.29, 1.82) is 0 Å². The molecule has 0 atom stereocenters. The van der Waals surface area contributed by atoms with Crippen LogP contribution >= 0.6 is 15.9 Å². The van der Waals surface area contributed by atoms with E-state index in [0.29, 0.717) is 12.1 Å². The molecule has 2 aromatic carbocycles. The van der Waals surface area contributed by atoms with E-state index in [0.717, 1.165) is 38.0 Å². The van der Waals surface area contributed by atoms with Crippen LogP contribution in [0.2, 0.25) is 0 Å². The maximum Gasteiger partial charge on any atom is 0.243 e. The summed E-state index contributed by atoms with van der Waals surface area (Å²) in [6.45, 7) is 3.86. The highest BCUT2D eigenvalue weighted by atomic mass is 79.9. The van der Waals surface area contributed by atoms with E-state index in [1.807, 2.05) is 60.8 Å². The largest absolute Gasteiger partial charge is 0.347 e. The Kier molecular flexibility index (Phi) is 5.99. The van der Waals surface area contributed by atoms with Gasteiger partial charge in [0, 0.05) is 27.7 Å². The Morgan fingerprint density at radius 2 is 1.77 bits per heavy atom. The van der Waals surface area contributed by atoms with Crippen LogP contribution in [-0.2, 0) is 16.0 Å². The number of benzene rings is 2. The summed E-state index contributed by atoms with van der Waals surface area (Å²) in [6.07, 6.45) is 0.784. The highest BCUT2D eigenvalue weighted by molar-refractivity contribution is 9.10. The van der Waals surface area contributed by atoms with Gasteiger partial charge in [-0.1, -0.05) is 24.3 Å². The van der Waals surface area contributed by atoms with Crippen molar-refractivity contribution in [2.45, 2.75) is 26.7 Å². The number of nitrogens with one attached hydrogen (secondary N) is 2. The molecule has 0 aliphatic carbocycles. The van der Waals surface area contributed by atoms with Crippen LogP contribution in [0.3, 0.4) is 0 Å². The van der Waals surface area contributed by atoms with Crippen LogP contribution in [0.25, 0.3) is 16.6 Å². The minimum Gasteiger partial charge on any atom is -0.347 e. The summed E-state index contributed by atoms with van der Waals surface area (Å²) in [5.74, 6) is -0.467. The average molecular weight is 480 g/mol. The molecule has 2 N–H and O–H groups in total. The summed E-state index contributed by atoms with van der Waals surface area (Å²) in [4.78, 5) is 29.2. The van der Waals surface area contributed by atoms with Crippen molar-refractivity contribution in [2.75, 3.05) is 11.9 Å². The first kappa shape index (κ1) is 21.0. The van der Waals surface area contributed by atoms with Crippen LogP contribution in [0.15, 0.2) is 53.0 Å². The van der Waals surface area contributed by atoms with E-state index < -0.39 is 0 Å². The molecule has 0 saturated carbocycles. The maximum atomic E-state index is 12.3. The first-order chi connectivity index (χ1) is 14.9. The third-order valence-corrected chi connectivity index (χ3v) is 5.91. The van der Waals surface area contributed by atoms with Crippen molar-refractivity contribution in [3.8, 4) is 0 Å². The zero-order valence-corrected chi connectivity index (χ0v) is 18.9. The molecule has 0 unspecified atom stereocenters. The van der Waals surface area contributed by atoms with E-state index in [2.05, 4.69) is 31.7 Å². The number of hydrogen-bond donors (Lipinski definition) is 2. The summed E-state index contributed by atoms with van der Waals surface area (Å²) in [5, 5.41) is 11.1. The van der Waals surface area contributed by atoms with Gasteiger partial charge in [-0.15, -0.1) is 0 Å². The predicted octanol–water partition coefficient (Wildman–Crippen LogP) is 3.95. The summed E-state index contributed by atoms with van der Waals surface area (Å²) < 4.78 is 2.63. The number of hydrogen-bond acceptors (Lipinski definition) is 4. The van der Waals surface area contributed by atoms with Crippen molar-refractivity contribution >= 4 is 50.0 Å². The Hall–Kier alpha value is -3.26. The van der Waals surface area contributed by atoms with Gasteiger partial charge in [0.2, 0.25) is 11.8 Å². The molecule has 7 nitrogen and oxygen atoms in total. The Balaban J connectivity index is 1.39. The van der Waals surface area contributed by atoms with Crippen molar-refractivity contribution < 1.29 is 9.59 Å². The van der Waals surface area contributed by atoms with Crippen molar-refractivity contribution in [3.63, 3.8) is 0 Å². The third kappa shape index (κ3) is 4.44. The number of para-hydroxylation sites is 1. The zero-order valence-electron chi connectivity index (χ0n) is 17.3. The fourth-order valence-electron chi connectivity index (χ4n) is 3.60. The SMILES string of the molecule is Cc1nc2c3ccccc3nn2c(C)c1CCC(=O)NCC(=O)Nc1ccccc1Br. The Morgan fingerprint density at radius 1 is 1.03 bits per heavy atom. The van der Waals surface area contributed by atoms with Gasteiger partial charge in [0.05, 0.1) is 17.7 Å². The van der Waals surface area contributed by atoms with Gasteiger partial charge < -0.3 is 10.6 Å². The molecular formula is C23H22BrN5O2.